The zero-order chi connectivity index (χ0) is 7.28. The first-order chi connectivity index (χ1) is 4.16. The molecule has 1 unspecified atom stereocenters. The van der Waals surface area contributed by atoms with E-state index in [1.807, 2.05) is 0 Å². The molecule has 0 saturated heterocycles. The maximum absolute atomic E-state index is 6.88. The molecule has 0 aromatic carbocycles. The molecule has 9 heavy (non-hydrogen) atoms. The second-order valence-electron chi connectivity index (χ2n) is 1.76. The second kappa shape index (κ2) is 4.99. The number of rotatable bonds is 3. The normalized spacial score (nSPS) is 13.1. The first-order valence-electron chi connectivity index (χ1n) is 2.84. The van der Waals surface area contributed by atoms with Gasteiger partial charge in [0, 0.05) is 5.25 Å². The summed E-state index contributed by atoms with van der Waals surface area (Å²) < 4.78 is 0. The highest BCUT2D eigenvalue weighted by Crippen LogP contribution is 2.27. The highest BCUT2D eigenvalue weighted by Gasteiger charge is 1.99. The van der Waals surface area contributed by atoms with Crippen LogP contribution in [-0.2, 0) is 0 Å². The van der Waals surface area contributed by atoms with Crippen molar-refractivity contribution in [2.75, 3.05) is 0 Å². The summed E-state index contributed by atoms with van der Waals surface area (Å²) in [5, 5.41) is 7.67. The van der Waals surface area contributed by atoms with Gasteiger partial charge in [-0.1, -0.05) is 24.6 Å². The van der Waals surface area contributed by atoms with Crippen LogP contribution in [0.2, 0.25) is 0 Å². The van der Waals surface area contributed by atoms with Gasteiger partial charge in [-0.3, -0.25) is 5.41 Å². The Morgan fingerprint density at radius 2 is 2.33 bits per heavy atom. The third kappa shape index (κ3) is 6.05. The minimum absolute atomic E-state index is 0.195. The van der Waals surface area contributed by atoms with Crippen molar-refractivity contribution >= 4 is 26.8 Å². The lowest BCUT2D eigenvalue weighted by atomic mass is 10.4. The van der Waals surface area contributed by atoms with Crippen LogP contribution in [0.5, 0.6) is 0 Å². The van der Waals surface area contributed by atoms with Crippen LogP contribution in [0.15, 0.2) is 0 Å². The summed E-state index contributed by atoms with van der Waals surface area (Å²) in [5.74, 6) is 0. The Morgan fingerprint density at radius 1 is 1.78 bits per heavy atom. The fourth-order valence-corrected chi connectivity index (χ4v) is 1.82. The SMILES string of the molecule is CCC(C)SSC(=N)N. The molecule has 0 aliphatic carbocycles. The summed E-state index contributed by atoms with van der Waals surface area (Å²) >= 11 is 0. The van der Waals surface area contributed by atoms with Crippen LogP contribution >= 0.6 is 21.6 Å². The second-order valence-corrected chi connectivity index (χ2v) is 4.44. The molecule has 54 valence electrons. The summed E-state index contributed by atoms with van der Waals surface area (Å²) in [5.41, 5.74) is 5.12. The first-order valence-corrected chi connectivity index (χ1v) is 5.05. The maximum atomic E-state index is 6.88. The van der Waals surface area contributed by atoms with E-state index in [4.69, 9.17) is 11.1 Å². The number of amidine groups is 1. The minimum Gasteiger partial charge on any atom is -0.378 e. The standard InChI is InChI=1S/C5H12N2S2/c1-3-4(2)8-9-5(6)7/h4H,3H2,1-2H3,(H3,6,7). The number of nitrogens with two attached hydrogens (primary N) is 1. The van der Waals surface area contributed by atoms with E-state index >= 15 is 0 Å². The number of hydrogen-bond acceptors (Lipinski definition) is 3. The van der Waals surface area contributed by atoms with E-state index in [0.717, 1.165) is 6.42 Å². The van der Waals surface area contributed by atoms with Crippen LogP contribution in [0.25, 0.3) is 0 Å². The summed E-state index contributed by atoms with van der Waals surface area (Å²) in [6.45, 7) is 4.25. The topological polar surface area (TPSA) is 49.9 Å². The summed E-state index contributed by atoms with van der Waals surface area (Å²) in [6.07, 6.45) is 1.13. The molecule has 0 fully saturated rings. The Hall–Kier alpha value is 0.170. The molecule has 0 amide bonds. The van der Waals surface area contributed by atoms with Gasteiger partial charge in [-0.15, -0.1) is 0 Å². The van der Waals surface area contributed by atoms with Crippen LogP contribution in [-0.4, -0.2) is 10.4 Å². The Bertz CT molecular complexity index is 95.0. The molecular weight excluding hydrogens is 152 g/mol. The Morgan fingerprint density at radius 3 is 2.67 bits per heavy atom. The van der Waals surface area contributed by atoms with Gasteiger partial charge in [-0.05, 0) is 17.2 Å². The predicted octanol–water partition coefficient (Wildman–Crippen LogP) is 2.06. The van der Waals surface area contributed by atoms with Crippen molar-refractivity contribution in [2.45, 2.75) is 25.5 Å². The lowest BCUT2D eigenvalue weighted by molar-refractivity contribution is 0.912. The molecule has 0 aliphatic heterocycles. The van der Waals surface area contributed by atoms with Crippen molar-refractivity contribution < 1.29 is 0 Å². The predicted molar refractivity (Wildman–Crippen MR) is 46.8 cm³/mol. The Balaban J connectivity index is 3.16. The molecule has 0 radical (unpaired) electrons. The molecule has 2 nitrogen and oxygen atoms in total. The van der Waals surface area contributed by atoms with Gasteiger partial charge >= 0.3 is 0 Å². The van der Waals surface area contributed by atoms with Gasteiger partial charge in [0.2, 0.25) is 0 Å². The monoisotopic (exact) mass is 164 g/mol. The zero-order valence-electron chi connectivity index (χ0n) is 5.68. The van der Waals surface area contributed by atoms with Crippen molar-refractivity contribution in [2.24, 2.45) is 5.73 Å². The molecule has 0 saturated carbocycles. The highest BCUT2D eigenvalue weighted by molar-refractivity contribution is 8.82. The summed E-state index contributed by atoms with van der Waals surface area (Å²) in [6, 6.07) is 0. The lowest BCUT2D eigenvalue weighted by Gasteiger charge is -2.03. The largest absolute Gasteiger partial charge is 0.378 e. The van der Waals surface area contributed by atoms with Gasteiger partial charge in [-0.25, -0.2) is 0 Å². The van der Waals surface area contributed by atoms with Gasteiger partial charge in [0.05, 0.1) is 0 Å². The average Bonchev–Trinajstić information content (AvgIpc) is 1.83. The zero-order valence-corrected chi connectivity index (χ0v) is 7.31. The maximum Gasteiger partial charge on any atom is 0.161 e. The van der Waals surface area contributed by atoms with E-state index in [1.165, 1.54) is 10.8 Å². The Kier molecular flexibility index (Phi) is 5.09. The van der Waals surface area contributed by atoms with Gasteiger partial charge in [-0.2, -0.15) is 0 Å². The highest BCUT2D eigenvalue weighted by atomic mass is 33.1. The van der Waals surface area contributed by atoms with Crippen molar-refractivity contribution in [3.05, 3.63) is 0 Å². The molecule has 0 aromatic rings. The fourth-order valence-electron chi connectivity index (χ4n) is 0.202. The minimum atomic E-state index is 0.195. The van der Waals surface area contributed by atoms with E-state index in [0.29, 0.717) is 5.25 Å². The molecule has 3 N–H and O–H groups in total. The van der Waals surface area contributed by atoms with Crippen molar-refractivity contribution in [1.29, 1.82) is 5.41 Å². The van der Waals surface area contributed by atoms with E-state index in [-0.39, 0.29) is 5.17 Å². The van der Waals surface area contributed by atoms with Crippen LogP contribution in [0, 0.1) is 5.41 Å². The molecule has 0 rings (SSSR count). The third-order valence-electron chi connectivity index (χ3n) is 0.877. The first kappa shape index (κ1) is 9.17. The quantitative estimate of drug-likeness (QED) is 0.381. The van der Waals surface area contributed by atoms with Crippen LogP contribution in [0.1, 0.15) is 20.3 Å². The van der Waals surface area contributed by atoms with Crippen LogP contribution in [0.4, 0.5) is 0 Å². The molecule has 4 heteroatoms. The third-order valence-corrected chi connectivity index (χ3v) is 3.63. The number of nitrogens with one attached hydrogen (secondary N) is 1. The molecule has 0 aliphatic rings. The molecule has 0 aromatic heterocycles. The molecule has 0 spiro atoms. The molecule has 0 bridgehead atoms. The molecule has 1 atom stereocenters. The van der Waals surface area contributed by atoms with Crippen LogP contribution < -0.4 is 5.73 Å². The molecule has 0 heterocycles. The van der Waals surface area contributed by atoms with Gasteiger partial charge in [0.25, 0.3) is 0 Å². The Labute approximate surface area is 63.9 Å². The van der Waals surface area contributed by atoms with E-state index in [1.54, 1.807) is 10.8 Å². The summed E-state index contributed by atoms with van der Waals surface area (Å²) in [7, 11) is 2.99. The van der Waals surface area contributed by atoms with Gasteiger partial charge in [0.15, 0.2) is 5.17 Å². The van der Waals surface area contributed by atoms with Gasteiger partial charge in [0.1, 0.15) is 0 Å². The summed E-state index contributed by atoms with van der Waals surface area (Å²) in [4.78, 5) is 0. The van der Waals surface area contributed by atoms with Crippen molar-refractivity contribution in [1.82, 2.24) is 0 Å². The molecular formula is C5H12N2S2. The fraction of sp³-hybridized carbons (Fsp3) is 0.800. The number of hydrogen-bond donors (Lipinski definition) is 2. The van der Waals surface area contributed by atoms with E-state index in [9.17, 15) is 0 Å². The average molecular weight is 164 g/mol. The van der Waals surface area contributed by atoms with Gasteiger partial charge < -0.3 is 5.73 Å². The van der Waals surface area contributed by atoms with Crippen molar-refractivity contribution in [3.63, 3.8) is 0 Å². The lowest BCUT2D eigenvalue weighted by Crippen LogP contribution is -2.02. The van der Waals surface area contributed by atoms with Crippen LogP contribution in [0.3, 0.4) is 0 Å². The van der Waals surface area contributed by atoms with E-state index < -0.39 is 0 Å². The van der Waals surface area contributed by atoms with E-state index in [2.05, 4.69) is 13.8 Å². The van der Waals surface area contributed by atoms with Crippen molar-refractivity contribution in [3.8, 4) is 0 Å². The smallest absolute Gasteiger partial charge is 0.161 e.